The number of carbonyl (C=O) groups is 1. The van der Waals surface area contributed by atoms with E-state index in [1.54, 1.807) is 11.6 Å². The molecule has 0 spiro atoms. The van der Waals surface area contributed by atoms with E-state index in [2.05, 4.69) is 20.8 Å². The highest BCUT2D eigenvalue weighted by atomic mass is 19.4. The number of rotatable bonds is 5. The van der Waals surface area contributed by atoms with Crippen LogP contribution in [0.4, 0.5) is 36.8 Å². The summed E-state index contributed by atoms with van der Waals surface area (Å²) >= 11 is 0. The molecule has 0 aliphatic heterocycles. The van der Waals surface area contributed by atoms with E-state index in [0.717, 1.165) is 37.5 Å². The molecule has 2 aromatic carbocycles. The predicted octanol–water partition coefficient (Wildman–Crippen LogP) is 6.81. The van der Waals surface area contributed by atoms with Gasteiger partial charge in [0.15, 0.2) is 5.82 Å². The maximum atomic E-state index is 13.6. The van der Waals surface area contributed by atoms with Crippen LogP contribution in [0.2, 0.25) is 0 Å². The van der Waals surface area contributed by atoms with Crippen LogP contribution in [0.15, 0.2) is 42.5 Å². The molecule has 0 atom stereocenters. The van der Waals surface area contributed by atoms with Gasteiger partial charge < -0.3 is 15.2 Å². The van der Waals surface area contributed by atoms with E-state index in [0.29, 0.717) is 31.6 Å². The number of anilines is 1. The number of aromatic nitrogens is 3. The maximum absolute atomic E-state index is 13.6. The molecule has 3 fully saturated rings. The van der Waals surface area contributed by atoms with E-state index >= 15 is 0 Å². The first-order chi connectivity index (χ1) is 19.3. The fraction of sp³-hybridized carbons (Fsp3) is 0.429. The number of nitrogens with one attached hydrogen (secondary N) is 2. The standard InChI is InChI=1S/C28H26F6N6O/c1-40-22(19-4-2-3-5-20(19)27(29,30)31)38-39-23(40)26-11-8-25(9-12-26,10-13-26)16-36-24(41)37-18-7-6-17(15-35)21(14-18)28(32,33)34/h2-7,14H,8-13,16H2,1H3,(H2,36,37,41). The molecule has 3 aliphatic carbocycles. The first-order valence-corrected chi connectivity index (χ1v) is 13.0. The second-order valence-corrected chi connectivity index (χ2v) is 10.9. The Morgan fingerprint density at radius 2 is 1.59 bits per heavy atom. The van der Waals surface area contributed by atoms with Crippen LogP contribution in [0.25, 0.3) is 11.4 Å². The van der Waals surface area contributed by atoms with Crippen LogP contribution in [0.1, 0.15) is 61.0 Å². The second-order valence-electron chi connectivity index (χ2n) is 10.9. The van der Waals surface area contributed by atoms with Gasteiger partial charge in [0, 0.05) is 30.3 Å². The number of hydrogen-bond donors (Lipinski definition) is 2. The molecule has 2 amide bonds. The predicted molar refractivity (Wildman–Crippen MR) is 136 cm³/mol. The fourth-order valence-corrected chi connectivity index (χ4v) is 6.21. The lowest BCUT2D eigenvalue weighted by Crippen LogP contribution is -2.50. The molecule has 0 radical (unpaired) electrons. The minimum atomic E-state index is -4.74. The monoisotopic (exact) mass is 576 g/mol. The molecule has 3 saturated carbocycles. The van der Waals surface area contributed by atoms with Gasteiger partial charge in [-0.2, -0.15) is 31.6 Å². The van der Waals surface area contributed by atoms with Crippen LogP contribution in [0, 0.1) is 16.7 Å². The Labute approximate surface area is 231 Å². The number of amides is 2. The highest BCUT2D eigenvalue weighted by molar-refractivity contribution is 5.89. The summed E-state index contributed by atoms with van der Waals surface area (Å²) in [6, 6.07) is 9.11. The average molecular weight is 577 g/mol. The first-order valence-electron chi connectivity index (χ1n) is 13.0. The number of halogens is 6. The Bertz CT molecular complexity index is 1490. The van der Waals surface area contributed by atoms with Crippen molar-refractivity contribution in [3.8, 4) is 17.5 Å². The van der Waals surface area contributed by atoms with Gasteiger partial charge in [-0.25, -0.2) is 4.79 Å². The van der Waals surface area contributed by atoms with Gasteiger partial charge in [0.1, 0.15) is 5.82 Å². The van der Waals surface area contributed by atoms with Crippen molar-refractivity contribution in [3.63, 3.8) is 0 Å². The van der Waals surface area contributed by atoms with Gasteiger partial charge in [-0.3, -0.25) is 0 Å². The average Bonchev–Trinajstić information content (AvgIpc) is 3.34. The van der Waals surface area contributed by atoms with Crippen molar-refractivity contribution in [3.05, 3.63) is 65.0 Å². The molecule has 0 saturated heterocycles. The largest absolute Gasteiger partial charge is 0.417 e. The number of benzene rings is 2. The van der Waals surface area contributed by atoms with Crippen molar-refractivity contribution in [2.24, 2.45) is 12.5 Å². The van der Waals surface area contributed by atoms with Gasteiger partial charge >= 0.3 is 18.4 Å². The van der Waals surface area contributed by atoms with Crippen molar-refractivity contribution in [2.75, 3.05) is 11.9 Å². The van der Waals surface area contributed by atoms with Gasteiger partial charge in [-0.05, 0) is 68.2 Å². The van der Waals surface area contributed by atoms with Gasteiger partial charge in [0.25, 0.3) is 0 Å². The minimum absolute atomic E-state index is 0.0292. The van der Waals surface area contributed by atoms with E-state index < -0.39 is 35.1 Å². The van der Waals surface area contributed by atoms with E-state index in [9.17, 15) is 31.1 Å². The van der Waals surface area contributed by atoms with Crippen molar-refractivity contribution in [1.82, 2.24) is 20.1 Å². The van der Waals surface area contributed by atoms with Crippen LogP contribution in [-0.4, -0.2) is 27.3 Å². The molecular formula is C28H26F6N6O. The molecule has 3 aromatic rings. The molecule has 6 rings (SSSR count). The quantitative estimate of drug-likeness (QED) is 0.327. The third-order valence-corrected chi connectivity index (χ3v) is 8.55. The molecule has 41 heavy (non-hydrogen) atoms. The molecule has 216 valence electrons. The number of nitrogens with zero attached hydrogens (tertiary/aromatic N) is 4. The summed E-state index contributed by atoms with van der Waals surface area (Å²) in [5.74, 6) is 0.796. The molecule has 1 heterocycles. The van der Waals surface area contributed by atoms with Crippen LogP contribution in [-0.2, 0) is 24.8 Å². The molecular weight excluding hydrogens is 550 g/mol. The van der Waals surface area contributed by atoms with E-state index in [-0.39, 0.29) is 27.9 Å². The number of hydrogen-bond acceptors (Lipinski definition) is 4. The normalized spacial score (nSPS) is 22.3. The number of urea groups is 1. The summed E-state index contributed by atoms with van der Waals surface area (Å²) in [4.78, 5) is 12.5. The van der Waals surface area contributed by atoms with Gasteiger partial charge in [0.05, 0.1) is 22.8 Å². The number of fused-ring (bicyclic) bond motifs is 3. The molecule has 0 unspecified atom stereocenters. The fourth-order valence-electron chi connectivity index (χ4n) is 6.21. The van der Waals surface area contributed by atoms with Gasteiger partial charge in [-0.15, -0.1) is 10.2 Å². The Hall–Kier alpha value is -4.08. The minimum Gasteiger partial charge on any atom is -0.337 e. The topological polar surface area (TPSA) is 95.6 Å². The SMILES string of the molecule is Cn1c(-c2ccccc2C(F)(F)F)nnc1C12CCC(CNC(=O)Nc3ccc(C#N)c(C(F)(F)F)c3)(CC1)CC2. The third-order valence-electron chi connectivity index (χ3n) is 8.55. The van der Waals surface area contributed by atoms with Crippen molar-refractivity contribution >= 4 is 11.7 Å². The molecule has 2 N–H and O–H groups in total. The highest BCUT2D eigenvalue weighted by Crippen LogP contribution is 2.57. The molecule has 3 aliphatic rings. The van der Waals surface area contributed by atoms with E-state index in [1.807, 2.05) is 0 Å². The Balaban J connectivity index is 1.25. The molecule has 2 bridgehead atoms. The van der Waals surface area contributed by atoms with Crippen LogP contribution >= 0.6 is 0 Å². The molecule has 13 heteroatoms. The zero-order chi connectivity index (χ0) is 29.6. The number of carbonyl (C=O) groups excluding carboxylic acids is 1. The lowest BCUT2D eigenvalue weighted by atomic mass is 9.53. The Morgan fingerprint density at radius 3 is 2.20 bits per heavy atom. The van der Waals surface area contributed by atoms with Gasteiger partial charge in [-0.1, -0.05) is 18.2 Å². The van der Waals surface area contributed by atoms with Crippen molar-refractivity contribution < 1.29 is 31.1 Å². The Morgan fingerprint density at radius 1 is 0.951 bits per heavy atom. The summed E-state index contributed by atoms with van der Waals surface area (Å²) in [7, 11) is 1.68. The smallest absolute Gasteiger partial charge is 0.337 e. The van der Waals surface area contributed by atoms with Gasteiger partial charge in [0.2, 0.25) is 0 Å². The van der Waals surface area contributed by atoms with Crippen molar-refractivity contribution in [2.45, 2.75) is 56.3 Å². The molecule has 1 aromatic heterocycles. The number of alkyl halides is 6. The van der Waals surface area contributed by atoms with Crippen LogP contribution < -0.4 is 10.6 Å². The highest BCUT2D eigenvalue weighted by Gasteiger charge is 2.51. The number of nitriles is 1. The lowest BCUT2D eigenvalue weighted by Gasteiger charge is -2.52. The summed E-state index contributed by atoms with van der Waals surface area (Å²) in [6.07, 6.45) is -4.90. The maximum Gasteiger partial charge on any atom is 0.417 e. The summed E-state index contributed by atoms with van der Waals surface area (Å²) in [5, 5.41) is 22.6. The third kappa shape index (κ3) is 5.35. The Kier molecular flexibility index (Phi) is 6.99. The van der Waals surface area contributed by atoms with E-state index in [1.165, 1.54) is 30.3 Å². The summed E-state index contributed by atoms with van der Waals surface area (Å²) in [6.45, 7) is 0.320. The van der Waals surface area contributed by atoms with Crippen molar-refractivity contribution in [1.29, 1.82) is 5.26 Å². The summed E-state index contributed by atoms with van der Waals surface area (Å²) in [5.41, 5.74) is -3.08. The zero-order valence-electron chi connectivity index (χ0n) is 22.0. The van der Waals surface area contributed by atoms with Crippen LogP contribution in [0.3, 0.4) is 0 Å². The second kappa shape index (κ2) is 10.1. The van der Waals surface area contributed by atoms with E-state index in [4.69, 9.17) is 5.26 Å². The first kappa shape index (κ1) is 28.4. The lowest BCUT2D eigenvalue weighted by molar-refractivity contribution is -0.138. The molecule has 7 nitrogen and oxygen atoms in total. The zero-order valence-corrected chi connectivity index (χ0v) is 22.0. The van der Waals surface area contributed by atoms with Crippen LogP contribution in [0.5, 0.6) is 0 Å². The summed E-state index contributed by atoms with van der Waals surface area (Å²) < 4.78 is 82.2.